The van der Waals surface area contributed by atoms with Crippen LogP contribution in [0.5, 0.6) is 5.75 Å². The number of hydrogen-bond acceptors (Lipinski definition) is 5. The summed E-state index contributed by atoms with van der Waals surface area (Å²) in [5.74, 6) is -1.54. The summed E-state index contributed by atoms with van der Waals surface area (Å²) in [6.07, 6.45) is 3.68. The van der Waals surface area contributed by atoms with Gasteiger partial charge in [0, 0.05) is 29.5 Å². The van der Waals surface area contributed by atoms with Crippen molar-refractivity contribution in [3.8, 4) is 5.75 Å². The number of carbonyl (C=O) groups excluding carboxylic acids is 2. The van der Waals surface area contributed by atoms with E-state index in [2.05, 4.69) is 10.2 Å². The molecule has 0 aromatic heterocycles. The van der Waals surface area contributed by atoms with Crippen molar-refractivity contribution in [1.82, 2.24) is 0 Å². The Kier molecular flexibility index (Phi) is 6.19. The lowest BCUT2D eigenvalue weighted by atomic mass is 10.1. The van der Waals surface area contributed by atoms with Crippen LogP contribution in [0.2, 0.25) is 5.02 Å². The molecule has 0 radical (unpaired) electrons. The number of amides is 1. The molecule has 0 unspecified atom stereocenters. The summed E-state index contributed by atoms with van der Waals surface area (Å²) in [5.41, 5.74) is 1.72. The van der Waals surface area contributed by atoms with Crippen LogP contribution in [0.1, 0.15) is 29.6 Å². The average Bonchev–Trinajstić information content (AvgIpc) is 2.67. The summed E-state index contributed by atoms with van der Waals surface area (Å²) in [6, 6.07) is 11.6. The normalized spacial score (nSPS) is 13.9. The highest BCUT2D eigenvalue weighted by molar-refractivity contribution is 6.30. The molecule has 7 heteroatoms. The van der Waals surface area contributed by atoms with Gasteiger partial charge < -0.3 is 20.1 Å². The van der Waals surface area contributed by atoms with Gasteiger partial charge in [-0.3, -0.25) is 4.79 Å². The third-order valence-electron chi connectivity index (χ3n) is 4.39. The summed E-state index contributed by atoms with van der Waals surface area (Å²) < 4.78 is 4.94. The maximum atomic E-state index is 12.0. The number of hydrogen-bond donors (Lipinski definition) is 2. The highest BCUT2D eigenvalue weighted by atomic mass is 35.5. The molecule has 1 heterocycles. The maximum Gasteiger partial charge on any atom is 0.342 e. The molecule has 3 rings (SSSR count). The molecule has 2 aromatic rings. The number of rotatable bonds is 5. The highest BCUT2D eigenvalue weighted by Gasteiger charge is 2.15. The molecule has 0 aliphatic carbocycles. The van der Waals surface area contributed by atoms with Gasteiger partial charge in [-0.05, 0) is 61.7 Å². The Bertz CT molecular complexity index is 817. The van der Waals surface area contributed by atoms with Crippen molar-refractivity contribution in [1.29, 1.82) is 0 Å². The summed E-state index contributed by atoms with van der Waals surface area (Å²) in [6.45, 7) is 1.66. The van der Waals surface area contributed by atoms with E-state index in [-0.39, 0.29) is 11.3 Å². The van der Waals surface area contributed by atoms with E-state index in [1.807, 2.05) is 24.3 Å². The Morgan fingerprint density at radius 1 is 1.07 bits per heavy atom. The predicted octanol–water partition coefficient (Wildman–Crippen LogP) is 3.83. The molecule has 27 heavy (non-hydrogen) atoms. The fourth-order valence-electron chi connectivity index (χ4n) is 2.99. The fraction of sp³-hybridized carbons (Fsp3) is 0.300. The second kappa shape index (κ2) is 8.77. The van der Waals surface area contributed by atoms with Crippen molar-refractivity contribution in [2.45, 2.75) is 19.3 Å². The van der Waals surface area contributed by atoms with Crippen LogP contribution in [0.25, 0.3) is 0 Å². The quantitative estimate of drug-likeness (QED) is 0.761. The number of esters is 1. The lowest BCUT2D eigenvalue weighted by Crippen LogP contribution is -2.29. The second-order valence-corrected chi connectivity index (χ2v) is 6.82. The molecule has 1 saturated heterocycles. The monoisotopic (exact) mass is 388 g/mol. The Labute approximate surface area is 162 Å². The summed E-state index contributed by atoms with van der Waals surface area (Å²) in [7, 11) is 0. The second-order valence-electron chi connectivity index (χ2n) is 6.38. The van der Waals surface area contributed by atoms with Gasteiger partial charge in [-0.15, -0.1) is 0 Å². The number of nitrogens with one attached hydrogen (secondary N) is 1. The molecule has 1 aliphatic rings. The van der Waals surface area contributed by atoms with Crippen molar-refractivity contribution < 1.29 is 19.4 Å². The number of phenolic OH excluding ortho intramolecular Hbond substituents is 1. The maximum absolute atomic E-state index is 12.0. The van der Waals surface area contributed by atoms with Gasteiger partial charge in [-0.2, -0.15) is 0 Å². The Balaban J connectivity index is 1.50. The van der Waals surface area contributed by atoms with Gasteiger partial charge in [0.1, 0.15) is 11.3 Å². The number of aromatic hydroxyl groups is 1. The van der Waals surface area contributed by atoms with E-state index in [0.29, 0.717) is 10.7 Å². The van der Waals surface area contributed by atoms with E-state index in [1.165, 1.54) is 37.5 Å². The molecule has 1 fully saturated rings. The van der Waals surface area contributed by atoms with Crippen molar-refractivity contribution in [2.75, 3.05) is 29.9 Å². The van der Waals surface area contributed by atoms with Gasteiger partial charge >= 0.3 is 5.97 Å². The van der Waals surface area contributed by atoms with Crippen LogP contribution in [0.3, 0.4) is 0 Å². The zero-order valence-electron chi connectivity index (χ0n) is 14.8. The largest absolute Gasteiger partial charge is 0.507 e. The minimum absolute atomic E-state index is 0.0434. The van der Waals surface area contributed by atoms with Crippen molar-refractivity contribution in [3.05, 3.63) is 53.1 Å². The first kappa shape index (κ1) is 19.0. The van der Waals surface area contributed by atoms with Gasteiger partial charge in [0.2, 0.25) is 0 Å². The first-order valence-electron chi connectivity index (χ1n) is 8.83. The number of anilines is 2. The van der Waals surface area contributed by atoms with E-state index in [0.717, 1.165) is 18.8 Å². The van der Waals surface area contributed by atoms with Crippen LogP contribution >= 0.6 is 11.6 Å². The number of benzene rings is 2. The van der Waals surface area contributed by atoms with E-state index < -0.39 is 18.5 Å². The summed E-state index contributed by atoms with van der Waals surface area (Å²) >= 11 is 5.72. The van der Waals surface area contributed by atoms with Crippen LogP contribution in [0, 0.1) is 0 Å². The van der Waals surface area contributed by atoms with E-state index in [1.54, 1.807) is 0 Å². The molecule has 0 atom stereocenters. The number of ether oxygens (including phenoxy) is 1. The first-order chi connectivity index (χ1) is 13.0. The van der Waals surface area contributed by atoms with Gasteiger partial charge in [0.05, 0.1) is 0 Å². The minimum atomic E-state index is -0.792. The minimum Gasteiger partial charge on any atom is -0.507 e. The lowest BCUT2D eigenvalue weighted by Gasteiger charge is -2.28. The van der Waals surface area contributed by atoms with Crippen LogP contribution < -0.4 is 10.2 Å². The molecule has 0 saturated carbocycles. The molecule has 0 bridgehead atoms. The van der Waals surface area contributed by atoms with Crippen molar-refractivity contribution >= 4 is 34.9 Å². The number of nitrogens with zero attached hydrogens (tertiary/aromatic N) is 1. The number of halogens is 1. The fourth-order valence-corrected chi connectivity index (χ4v) is 3.16. The number of phenols is 1. The SMILES string of the molecule is O=C(COC(=O)c1ccc(Cl)cc1O)Nc1ccc(N2CCCCC2)cc1. The smallest absolute Gasteiger partial charge is 0.342 e. The number of piperidine rings is 1. The first-order valence-corrected chi connectivity index (χ1v) is 9.21. The summed E-state index contributed by atoms with van der Waals surface area (Å²) in [5, 5.41) is 12.7. The van der Waals surface area contributed by atoms with Crippen LogP contribution in [0.4, 0.5) is 11.4 Å². The third kappa shape index (κ3) is 5.14. The Hall–Kier alpha value is -2.73. The van der Waals surface area contributed by atoms with E-state index >= 15 is 0 Å². The zero-order valence-corrected chi connectivity index (χ0v) is 15.5. The van der Waals surface area contributed by atoms with Gasteiger partial charge in [-0.25, -0.2) is 4.79 Å². The molecule has 1 aliphatic heterocycles. The van der Waals surface area contributed by atoms with Crippen LogP contribution in [0.15, 0.2) is 42.5 Å². The standard InChI is InChI=1S/C20H21ClN2O4/c21-14-4-9-17(18(24)12-14)20(26)27-13-19(25)22-15-5-7-16(8-6-15)23-10-2-1-3-11-23/h4-9,12,24H,1-3,10-11,13H2,(H,22,25). The Morgan fingerprint density at radius 2 is 1.78 bits per heavy atom. The van der Waals surface area contributed by atoms with Crippen molar-refractivity contribution in [2.24, 2.45) is 0 Å². The highest BCUT2D eigenvalue weighted by Crippen LogP contribution is 2.23. The molecule has 6 nitrogen and oxygen atoms in total. The van der Waals surface area contributed by atoms with Crippen LogP contribution in [-0.2, 0) is 9.53 Å². The Morgan fingerprint density at radius 3 is 2.44 bits per heavy atom. The van der Waals surface area contributed by atoms with E-state index in [9.17, 15) is 14.7 Å². The van der Waals surface area contributed by atoms with Gasteiger partial charge in [-0.1, -0.05) is 11.6 Å². The van der Waals surface area contributed by atoms with Crippen LogP contribution in [-0.4, -0.2) is 36.7 Å². The topological polar surface area (TPSA) is 78.9 Å². The van der Waals surface area contributed by atoms with Gasteiger partial charge in [0.15, 0.2) is 6.61 Å². The third-order valence-corrected chi connectivity index (χ3v) is 4.62. The van der Waals surface area contributed by atoms with E-state index in [4.69, 9.17) is 16.3 Å². The molecule has 1 amide bonds. The van der Waals surface area contributed by atoms with Crippen molar-refractivity contribution in [3.63, 3.8) is 0 Å². The predicted molar refractivity (Wildman–Crippen MR) is 105 cm³/mol. The van der Waals surface area contributed by atoms with Gasteiger partial charge in [0.25, 0.3) is 5.91 Å². The summed E-state index contributed by atoms with van der Waals surface area (Å²) in [4.78, 5) is 26.3. The zero-order chi connectivity index (χ0) is 19.2. The number of carbonyl (C=O) groups is 2. The average molecular weight is 389 g/mol. The molecule has 142 valence electrons. The molecular weight excluding hydrogens is 368 g/mol. The molecule has 0 spiro atoms. The molecule has 2 aromatic carbocycles. The molecular formula is C20H21ClN2O4. The lowest BCUT2D eigenvalue weighted by molar-refractivity contribution is -0.119. The molecule has 2 N–H and O–H groups in total.